The number of rotatable bonds is 3. The van der Waals surface area contributed by atoms with Crippen molar-refractivity contribution in [2.45, 2.75) is 18.9 Å². The molecule has 0 aromatic carbocycles. The van der Waals surface area contributed by atoms with E-state index < -0.39 is 0 Å². The molecule has 0 amide bonds. The van der Waals surface area contributed by atoms with Gasteiger partial charge in [-0.3, -0.25) is 0 Å². The van der Waals surface area contributed by atoms with Gasteiger partial charge in [-0.2, -0.15) is 0 Å². The van der Waals surface area contributed by atoms with E-state index in [4.69, 9.17) is 10.5 Å². The van der Waals surface area contributed by atoms with E-state index in [0.29, 0.717) is 6.04 Å². The van der Waals surface area contributed by atoms with E-state index in [0.717, 1.165) is 26.3 Å². The third-order valence-electron chi connectivity index (χ3n) is 1.74. The molecule has 1 aliphatic rings. The van der Waals surface area contributed by atoms with Gasteiger partial charge in [-0.1, -0.05) is 0 Å². The summed E-state index contributed by atoms with van der Waals surface area (Å²) < 4.78 is 5.28. The van der Waals surface area contributed by atoms with Gasteiger partial charge in [0.2, 0.25) is 0 Å². The van der Waals surface area contributed by atoms with Crippen molar-refractivity contribution >= 4 is 0 Å². The Morgan fingerprint density at radius 3 is 3.10 bits per heavy atom. The molecule has 0 bridgehead atoms. The first-order chi connectivity index (χ1) is 4.93. The van der Waals surface area contributed by atoms with E-state index in [1.54, 1.807) is 0 Å². The second kappa shape index (κ2) is 4.66. The molecule has 0 spiro atoms. The number of hydrogen-bond donors (Lipinski definition) is 2. The molecular formula is C7H16N2O. The molecule has 60 valence electrons. The maximum atomic E-state index is 5.34. The monoisotopic (exact) mass is 144 g/mol. The Bertz CT molecular complexity index is 81.7. The van der Waals surface area contributed by atoms with Gasteiger partial charge in [0.1, 0.15) is 0 Å². The third-order valence-corrected chi connectivity index (χ3v) is 1.74. The minimum atomic E-state index is 0.553. The lowest BCUT2D eigenvalue weighted by molar-refractivity contribution is 0.0709. The SMILES string of the molecule is NCCNC1CCCOC1. The van der Waals surface area contributed by atoms with E-state index in [1.807, 2.05) is 0 Å². The number of ether oxygens (including phenoxy) is 1. The predicted octanol–water partition coefficient (Wildman–Crippen LogP) is -0.286. The topological polar surface area (TPSA) is 47.3 Å². The lowest BCUT2D eigenvalue weighted by Crippen LogP contribution is -2.39. The molecule has 0 saturated carbocycles. The van der Waals surface area contributed by atoms with Gasteiger partial charge in [0.05, 0.1) is 6.61 Å². The number of nitrogens with two attached hydrogens (primary N) is 1. The van der Waals surface area contributed by atoms with Crippen LogP contribution in [0.15, 0.2) is 0 Å². The van der Waals surface area contributed by atoms with E-state index in [9.17, 15) is 0 Å². The van der Waals surface area contributed by atoms with E-state index in [2.05, 4.69) is 5.32 Å². The van der Waals surface area contributed by atoms with Crippen molar-refractivity contribution in [3.05, 3.63) is 0 Å². The molecule has 1 unspecified atom stereocenters. The molecule has 1 rings (SSSR count). The molecule has 3 nitrogen and oxygen atoms in total. The van der Waals surface area contributed by atoms with Gasteiger partial charge in [0, 0.05) is 25.7 Å². The van der Waals surface area contributed by atoms with Crippen LogP contribution in [0.25, 0.3) is 0 Å². The minimum absolute atomic E-state index is 0.553. The first-order valence-corrected chi connectivity index (χ1v) is 3.94. The Morgan fingerprint density at radius 2 is 2.50 bits per heavy atom. The fourth-order valence-corrected chi connectivity index (χ4v) is 1.19. The number of hydrogen-bond acceptors (Lipinski definition) is 3. The zero-order chi connectivity index (χ0) is 7.23. The van der Waals surface area contributed by atoms with E-state index in [-0.39, 0.29) is 0 Å². The van der Waals surface area contributed by atoms with Crippen LogP contribution in [-0.2, 0) is 4.74 Å². The van der Waals surface area contributed by atoms with Crippen LogP contribution < -0.4 is 11.1 Å². The highest BCUT2D eigenvalue weighted by Crippen LogP contribution is 2.04. The summed E-state index contributed by atoms with van der Waals surface area (Å²) in [5.41, 5.74) is 5.34. The summed E-state index contributed by atoms with van der Waals surface area (Å²) >= 11 is 0. The number of nitrogens with one attached hydrogen (secondary N) is 1. The van der Waals surface area contributed by atoms with Crippen molar-refractivity contribution in [2.75, 3.05) is 26.3 Å². The zero-order valence-electron chi connectivity index (χ0n) is 6.31. The third kappa shape index (κ3) is 2.64. The highest BCUT2D eigenvalue weighted by molar-refractivity contribution is 4.69. The second-order valence-electron chi connectivity index (χ2n) is 2.66. The molecule has 0 aliphatic carbocycles. The first kappa shape index (κ1) is 7.98. The molecule has 1 saturated heterocycles. The lowest BCUT2D eigenvalue weighted by atomic mass is 10.1. The van der Waals surface area contributed by atoms with Gasteiger partial charge < -0.3 is 15.8 Å². The molecule has 10 heavy (non-hydrogen) atoms. The average Bonchev–Trinajstić information content (AvgIpc) is 2.03. The van der Waals surface area contributed by atoms with E-state index in [1.165, 1.54) is 12.8 Å². The Balaban J connectivity index is 2.02. The van der Waals surface area contributed by atoms with Gasteiger partial charge in [0.15, 0.2) is 0 Å². The van der Waals surface area contributed by atoms with Crippen molar-refractivity contribution in [2.24, 2.45) is 5.73 Å². The molecule has 1 atom stereocenters. The molecule has 1 fully saturated rings. The van der Waals surface area contributed by atoms with Crippen LogP contribution in [0.4, 0.5) is 0 Å². The van der Waals surface area contributed by atoms with Crippen LogP contribution in [-0.4, -0.2) is 32.3 Å². The van der Waals surface area contributed by atoms with Crippen LogP contribution in [0, 0.1) is 0 Å². The summed E-state index contributed by atoms with van der Waals surface area (Å²) in [7, 11) is 0. The molecule has 3 N–H and O–H groups in total. The summed E-state index contributed by atoms with van der Waals surface area (Å²) in [4.78, 5) is 0. The predicted molar refractivity (Wildman–Crippen MR) is 40.9 cm³/mol. The Labute approximate surface area is 61.9 Å². The molecular weight excluding hydrogens is 128 g/mol. The van der Waals surface area contributed by atoms with Crippen molar-refractivity contribution in [3.63, 3.8) is 0 Å². The quantitative estimate of drug-likeness (QED) is 0.572. The van der Waals surface area contributed by atoms with E-state index >= 15 is 0 Å². The van der Waals surface area contributed by atoms with Gasteiger partial charge in [-0.25, -0.2) is 0 Å². The maximum absolute atomic E-state index is 5.34. The summed E-state index contributed by atoms with van der Waals surface area (Å²) in [5.74, 6) is 0. The van der Waals surface area contributed by atoms with Gasteiger partial charge in [-0.15, -0.1) is 0 Å². The normalized spacial score (nSPS) is 26.7. The standard InChI is InChI=1S/C7H16N2O/c8-3-4-9-7-2-1-5-10-6-7/h7,9H,1-6,8H2. The molecule has 1 aliphatic heterocycles. The molecule has 3 heteroatoms. The highest BCUT2D eigenvalue weighted by atomic mass is 16.5. The highest BCUT2D eigenvalue weighted by Gasteiger charge is 2.11. The van der Waals surface area contributed by atoms with Crippen LogP contribution in [0.1, 0.15) is 12.8 Å². The Kier molecular flexibility index (Phi) is 3.72. The van der Waals surface area contributed by atoms with Crippen LogP contribution in [0.5, 0.6) is 0 Å². The zero-order valence-corrected chi connectivity index (χ0v) is 6.31. The largest absolute Gasteiger partial charge is 0.380 e. The second-order valence-corrected chi connectivity index (χ2v) is 2.66. The summed E-state index contributed by atoms with van der Waals surface area (Å²) in [6.45, 7) is 3.42. The van der Waals surface area contributed by atoms with Crippen LogP contribution in [0.2, 0.25) is 0 Å². The molecule has 1 heterocycles. The molecule has 0 aromatic heterocycles. The van der Waals surface area contributed by atoms with Crippen LogP contribution >= 0.6 is 0 Å². The maximum Gasteiger partial charge on any atom is 0.0619 e. The smallest absolute Gasteiger partial charge is 0.0619 e. The van der Waals surface area contributed by atoms with Crippen molar-refractivity contribution in [3.8, 4) is 0 Å². The molecule has 0 radical (unpaired) electrons. The summed E-state index contributed by atoms with van der Waals surface area (Å²) in [6, 6.07) is 0.553. The van der Waals surface area contributed by atoms with Gasteiger partial charge >= 0.3 is 0 Å². The summed E-state index contributed by atoms with van der Waals surface area (Å²) in [6.07, 6.45) is 2.42. The van der Waals surface area contributed by atoms with Gasteiger partial charge in [-0.05, 0) is 12.8 Å². The van der Waals surface area contributed by atoms with Crippen LogP contribution in [0.3, 0.4) is 0 Å². The fourth-order valence-electron chi connectivity index (χ4n) is 1.19. The first-order valence-electron chi connectivity index (χ1n) is 3.94. The average molecular weight is 144 g/mol. The minimum Gasteiger partial charge on any atom is -0.380 e. The summed E-state index contributed by atoms with van der Waals surface area (Å²) in [5, 5.41) is 3.32. The Hall–Kier alpha value is -0.120. The van der Waals surface area contributed by atoms with Crippen molar-refractivity contribution in [1.82, 2.24) is 5.32 Å². The van der Waals surface area contributed by atoms with Crippen molar-refractivity contribution in [1.29, 1.82) is 0 Å². The van der Waals surface area contributed by atoms with Crippen molar-refractivity contribution < 1.29 is 4.74 Å². The fraction of sp³-hybridized carbons (Fsp3) is 1.00. The Morgan fingerprint density at radius 1 is 1.60 bits per heavy atom. The van der Waals surface area contributed by atoms with Gasteiger partial charge in [0.25, 0.3) is 0 Å². The lowest BCUT2D eigenvalue weighted by Gasteiger charge is -2.22. The molecule has 0 aromatic rings.